The van der Waals surface area contributed by atoms with E-state index in [1.165, 1.54) is 5.39 Å². The van der Waals surface area contributed by atoms with Crippen LogP contribution >= 0.6 is 0 Å². The van der Waals surface area contributed by atoms with Crippen LogP contribution in [0.5, 0.6) is 0 Å². The molecule has 0 saturated carbocycles. The van der Waals surface area contributed by atoms with E-state index in [9.17, 15) is 0 Å². The Hall–Kier alpha value is -1.88. The Kier molecular flexibility index (Phi) is 0.785. The molecule has 4 bridgehead atoms. The zero-order valence-electron chi connectivity index (χ0n) is 6.20. The second kappa shape index (κ2) is 1.64. The highest BCUT2D eigenvalue weighted by atomic mass is 14.8. The molecule has 0 radical (unpaired) electrons. The Labute approximate surface area is 68.7 Å². The molecule has 0 unspecified atom stereocenters. The van der Waals surface area contributed by atoms with Gasteiger partial charge in [0.2, 0.25) is 0 Å². The molecule has 0 spiro atoms. The van der Waals surface area contributed by atoms with Gasteiger partial charge in [-0.15, -0.1) is 0 Å². The lowest BCUT2D eigenvalue weighted by molar-refractivity contribution is 1.31. The zero-order valence-corrected chi connectivity index (χ0v) is 6.20. The quantitative estimate of drug-likeness (QED) is 0.483. The van der Waals surface area contributed by atoms with Gasteiger partial charge in [-0.1, -0.05) is 0 Å². The summed E-state index contributed by atoms with van der Waals surface area (Å²) in [6.45, 7) is 0. The van der Waals surface area contributed by atoms with Crippen molar-refractivity contribution >= 4 is 16.5 Å². The van der Waals surface area contributed by atoms with Gasteiger partial charge in [0.25, 0.3) is 0 Å². The fraction of sp³-hybridized carbons (Fsp3) is 0. The number of hydrogen-bond donors (Lipinski definition) is 0. The SMILES string of the molecule is N#Cc1ccc2c3ccc1c2=N3. The lowest BCUT2D eigenvalue weighted by Crippen LogP contribution is -2.13. The van der Waals surface area contributed by atoms with E-state index in [0.29, 0.717) is 5.56 Å². The van der Waals surface area contributed by atoms with Gasteiger partial charge in [0.15, 0.2) is 0 Å². The molecule has 2 aromatic rings. The summed E-state index contributed by atoms with van der Waals surface area (Å²) >= 11 is 0. The molecule has 2 heteroatoms. The van der Waals surface area contributed by atoms with Gasteiger partial charge in [0.05, 0.1) is 22.7 Å². The highest BCUT2D eigenvalue weighted by Crippen LogP contribution is 2.27. The average Bonchev–Trinajstić information content (AvgIpc) is 2.10. The topological polar surface area (TPSA) is 36.1 Å². The minimum Gasteiger partial charge on any atom is -0.247 e. The normalized spacial score (nSPS) is 11.9. The molecule has 2 aromatic carbocycles. The monoisotopic (exact) mass is 152 g/mol. The maximum Gasteiger partial charge on any atom is 0.0998 e. The minimum atomic E-state index is 0.715. The lowest BCUT2D eigenvalue weighted by Gasteiger charge is -2.11. The summed E-state index contributed by atoms with van der Waals surface area (Å²) in [5.41, 5.74) is 1.76. The molecule has 0 aliphatic carbocycles. The van der Waals surface area contributed by atoms with Crippen LogP contribution in [0.3, 0.4) is 0 Å². The average molecular weight is 152 g/mol. The Morgan fingerprint density at radius 2 is 1.92 bits per heavy atom. The first-order valence-corrected chi connectivity index (χ1v) is 3.74. The summed E-state index contributed by atoms with van der Waals surface area (Å²) in [7, 11) is 0. The van der Waals surface area contributed by atoms with Crippen molar-refractivity contribution in [3.05, 3.63) is 35.2 Å². The highest BCUT2D eigenvalue weighted by molar-refractivity contribution is 5.88. The summed E-state index contributed by atoms with van der Waals surface area (Å²) in [5, 5.41) is 11.9. The number of nitriles is 1. The largest absolute Gasteiger partial charge is 0.247 e. The summed E-state index contributed by atoms with van der Waals surface area (Å²) in [6.07, 6.45) is 0. The van der Waals surface area contributed by atoms with Crippen molar-refractivity contribution < 1.29 is 0 Å². The smallest absolute Gasteiger partial charge is 0.0998 e. The lowest BCUT2D eigenvalue weighted by atomic mass is 10.0. The molecule has 3 rings (SSSR count). The van der Waals surface area contributed by atoms with Crippen molar-refractivity contribution in [3.63, 3.8) is 0 Å². The molecule has 1 heterocycles. The fourth-order valence-corrected chi connectivity index (χ4v) is 1.62. The molecule has 0 saturated heterocycles. The Morgan fingerprint density at radius 1 is 1.08 bits per heavy atom. The van der Waals surface area contributed by atoms with Crippen LogP contribution < -0.4 is 5.36 Å². The Bertz CT molecular complexity index is 576. The number of benzene rings is 2. The van der Waals surface area contributed by atoms with Gasteiger partial charge >= 0.3 is 0 Å². The third-order valence-corrected chi connectivity index (χ3v) is 2.25. The first-order valence-electron chi connectivity index (χ1n) is 3.74. The molecule has 0 amide bonds. The van der Waals surface area contributed by atoms with E-state index in [1.54, 1.807) is 0 Å². The number of rotatable bonds is 0. The second-order valence-electron chi connectivity index (χ2n) is 2.87. The highest BCUT2D eigenvalue weighted by Gasteiger charge is 2.13. The van der Waals surface area contributed by atoms with Crippen LogP contribution in [0, 0.1) is 11.3 Å². The van der Waals surface area contributed by atoms with Gasteiger partial charge in [-0.3, -0.25) is 0 Å². The molecule has 0 fully saturated rings. The van der Waals surface area contributed by atoms with Gasteiger partial charge in [-0.05, 0) is 24.3 Å². The van der Waals surface area contributed by atoms with Crippen LogP contribution in [-0.2, 0) is 0 Å². The van der Waals surface area contributed by atoms with E-state index < -0.39 is 0 Å². The summed E-state index contributed by atoms with van der Waals surface area (Å²) in [5.74, 6) is 0. The molecule has 54 valence electrons. The van der Waals surface area contributed by atoms with Gasteiger partial charge in [0.1, 0.15) is 0 Å². The van der Waals surface area contributed by atoms with Crippen LogP contribution in [0.25, 0.3) is 10.8 Å². The number of hydrogen-bond acceptors (Lipinski definition) is 2. The van der Waals surface area contributed by atoms with Crippen LogP contribution in [0.4, 0.5) is 5.69 Å². The van der Waals surface area contributed by atoms with E-state index in [2.05, 4.69) is 11.1 Å². The summed E-state index contributed by atoms with van der Waals surface area (Å²) in [4.78, 5) is 4.26. The number of nitrogens with zero attached hydrogens (tertiary/aromatic N) is 2. The van der Waals surface area contributed by atoms with E-state index in [-0.39, 0.29) is 0 Å². The van der Waals surface area contributed by atoms with Crippen molar-refractivity contribution in [2.45, 2.75) is 0 Å². The van der Waals surface area contributed by atoms with Crippen molar-refractivity contribution in [1.82, 2.24) is 0 Å². The molecule has 0 atom stereocenters. The zero-order chi connectivity index (χ0) is 8.13. The van der Waals surface area contributed by atoms with Gasteiger partial charge in [-0.2, -0.15) is 5.26 Å². The van der Waals surface area contributed by atoms with Gasteiger partial charge in [-0.25, -0.2) is 4.99 Å². The van der Waals surface area contributed by atoms with Crippen LogP contribution in [0.15, 0.2) is 29.3 Å². The van der Waals surface area contributed by atoms with Crippen molar-refractivity contribution in [2.75, 3.05) is 0 Å². The molecule has 0 aromatic heterocycles. The minimum absolute atomic E-state index is 0.715. The molecule has 2 nitrogen and oxygen atoms in total. The van der Waals surface area contributed by atoms with Gasteiger partial charge < -0.3 is 0 Å². The third-order valence-electron chi connectivity index (χ3n) is 2.25. The van der Waals surface area contributed by atoms with Crippen molar-refractivity contribution in [1.29, 1.82) is 5.26 Å². The molecule has 12 heavy (non-hydrogen) atoms. The predicted octanol–water partition coefficient (Wildman–Crippen LogP) is 1.70. The van der Waals surface area contributed by atoms with Crippen LogP contribution in [0.2, 0.25) is 0 Å². The summed E-state index contributed by atoms with van der Waals surface area (Å²) < 4.78 is 0. The molecule has 0 N–H and O–H groups in total. The van der Waals surface area contributed by atoms with Crippen LogP contribution in [-0.4, -0.2) is 0 Å². The Balaban J connectivity index is 2.66. The van der Waals surface area contributed by atoms with E-state index >= 15 is 0 Å². The Morgan fingerprint density at radius 3 is 2.67 bits per heavy atom. The second-order valence-corrected chi connectivity index (χ2v) is 2.87. The standard InChI is InChI=1S/C10H4N2/c11-5-6-1-2-8-9-4-3-7(6)10(8)12-9/h1-4H. The molecule has 1 aliphatic rings. The van der Waals surface area contributed by atoms with Crippen LogP contribution in [0.1, 0.15) is 5.56 Å². The fourth-order valence-electron chi connectivity index (χ4n) is 1.62. The maximum absolute atomic E-state index is 8.77. The van der Waals surface area contributed by atoms with Crippen molar-refractivity contribution in [3.8, 4) is 6.07 Å². The predicted molar refractivity (Wildman–Crippen MR) is 45.1 cm³/mol. The third kappa shape index (κ3) is 0.454. The summed E-state index contributed by atoms with van der Waals surface area (Å²) in [6, 6.07) is 9.89. The van der Waals surface area contributed by atoms with E-state index in [4.69, 9.17) is 5.26 Å². The molecular weight excluding hydrogens is 148 g/mol. The first kappa shape index (κ1) is 5.73. The maximum atomic E-state index is 8.77. The van der Waals surface area contributed by atoms with E-state index in [1.807, 2.05) is 24.3 Å². The molecular formula is C10H4N2. The van der Waals surface area contributed by atoms with Crippen molar-refractivity contribution in [2.24, 2.45) is 4.99 Å². The van der Waals surface area contributed by atoms with Gasteiger partial charge in [0, 0.05) is 10.8 Å². The first-order chi connectivity index (χ1) is 5.90. The van der Waals surface area contributed by atoms with E-state index in [0.717, 1.165) is 16.4 Å². The molecule has 1 aliphatic heterocycles.